The van der Waals surface area contributed by atoms with E-state index in [4.69, 9.17) is 0 Å². The highest BCUT2D eigenvalue weighted by molar-refractivity contribution is 9.10. The van der Waals surface area contributed by atoms with Gasteiger partial charge in [0.15, 0.2) is 0 Å². The highest BCUT2D eigenvalue weighted by atomic mass is 79.9. The summed E-state index contributed by atoms with van der Waals surface area (Å²) < 4.78 is 0.868. The molecule has 0 amide bonds. The van der Waals surface area contributed by atoms with Crippen LogP contribution in [0.3, 0.4) is 0 Å². The minimum Gasteiger partial charge on any atom is -0.392 e. The van der Waals surface area contributed by atoms with Crippen molar-refractivity contribution in [2.45, 2.75) is 13.2 Å². The molecule has 5 heteroatoms. The average molecular weight is 308 g/mol. The number of aliphatic hydroxyl groups excluding tert-OH is 1. The van der Waals surface area contributed by atoms with Gasteiger partial charge in [-0.25, -0.2) is 4.98 Å². The van der Waals surface area contributed by atoms with Crippen molar-refractivity contribution in [2.75, 3.05) is 11.9 Å². The number of anilines is 1. The van der Waals surface area contributed by atoms with Crippen LogP contribution in [0.2, 0.25) is 0 Å². The van der Waals surface area contributed by atoms with Crippen LogP contribution in [0.25, 0.3) is 0 Å². The molecule has 1 N–H and O–H groups in total. The Kier molecular flexibility index (Phi) is 4.28. The summed E-state index contributed by atoms with van der Waals surface area (Å²) in [5, 5.41) is 9.36. The van der Waals surface area contributed by atoms with Crippen LogP contribution in [0.4, 0.5) is 5.82 Å². The molecule has 2 rings (SSSR count). The van der Waals surface area contributed by atoms with Crippen LogP contribution in [0.15, 0.2) is 41.3 Å². The van der Waals surface area contributed by atoms with E-state index in [0.29, 0.717) is 0 Å². The van der Waals surface area contributed by atoms with E-state index in [0.717, 1.165) is 28.0 Å². The van der Waals surface area contributed by atoms with Crippen molar-refractivity contribution < 1.29 is 5.11 Å². The Labute approximate surface area is 114 Å². The fourth-order valence-corrected chi connectivity index (χ4v) is 2.15. The van der Waals surface area contributed by atoms with E-state index < -0.39 is 0 Å². The van der Waals surface area contributed by atoms with Crippen LogP contribution in [-0.4, -0.2) is 22.1 Å². The first kappa shape index (κ1) is 13.0. The summed E-state index contributed by atoms with van der Waals surface area (Å²) in [6, 6.07) is 5.81. The molecule has 0 radical (unpaired) electrons. The summed E-state index contributed by atoms with van der Waals surface area (Å²) in [6.07, 6.45) is 5.27. The first-order chi connectivity index (χ1) is 8.70. The third kappa shape index (κ3) is 3.05. The lowest BCUT2D eigenvalue weighted by atomic mass is 10.2. The molecule has 2 heterocycles. The summed E-state index contributed by atoms with van der Waals surface area (Å²) in [6.45, 7) is 0.701. The number of halogens is 1. The second-order valence-electron chi connectivity index (χ2n) is 4.01. The summed E-state index contributed by atoms with van der Waals surface area (Å²) in [4.78, 5) is 10.3. The van der Waals surface area contributed by atoms with E-state index in [1.165, 1.54) is 0 Å². The third-order valence-corrected chi connectivity index (χ3v) is 3.04. The van der Waals surface area contributed by atoms with E-state index in [9.17, 15) is 5.11 Å². The van der Waals surface area contributed by atoms with E-state index >= 15 is 0 Å². The van der Waals surface area contributed by atoms with Gasteiger partial charge in [-0.05, 0) is 39.7 Å². The molecule has 0 unspecified atom stereocenters. The van der Waals surface area contributed by atoms with E-state index in [1.807, 2.05) is 30.1 Å². The van der Waals surface area contributed by atoms with Crippen molar-refractivity contribution in [1.82, 2.24) is 9.97 Å². The van der Waals surface area contributed by atoms with Crippen molar-refractivity contribution in [1.29, 1.82) is 0 Å². The Hall–Kier alpha value is -1.46. The van der Waals surface area contributed by atoms with Gasteiger partial charge in [0.1, 0.15) is 5.82 Å². The molecule has 94 valence electrons. The lowest BCUT2D eigenvalue weighted by Crippen LogP contribution is -2.19. The van der Waals surface area contributed by atoms with Crippen molar-refractivity contribution in [3.05, 3.63) is 52.4 Å². The zero-order valence-electron chi connectivity index (χ0n) is 10.0. The maximum Gasteiger partial charge on any atom is 0.134 e. The van der Waals surface area contributed by atoms with Gasteiger partial charge in [-0.15, -0.1) is 0 Å². The van der Waals surface area contributed by atoms with Gasteiger partial charge in [-0.2, -0.15) is 0 Å². The summed E-state index contributed by atoms with van der Waals surface area (Å²) in [5.41, 5.74) is 1.96. The number of hydrogen-bond acceptors (Lipinski definition) is 4. The number of rotatable bonds is 4. The Morgan fingerprint density at radius 2 is 2.06 bits per heavy atom. The van der Waals surface area contributed by atoms with Gasteiger partial charge in [0.05, 0.1) is 6.61 Å². The van der Waals surface area contributed by atoms with E-state index in [-0.39, 0.29) is 6.61 Å². The maximum absolute atomic E-state index is 9.36. The van der Waals surface area contributed by atoms with Crippen molar-refractivity contribution in [2.24, 2.45) is 0 Å². The summed E-state index contributed by atoms with van der Waals surface area (Å²) in [5.74, 6) is 0.789. The van der Waals surface area contributed by atoms with Gasteiger partial charge in [-0.3, -0.25) is 4.98 Å². The number of nitrogens with zero attached hydrogens (tertiary/aromatic N) is 3. The smallest absolute Gasteiger partial charge is 0.134 e. The van der Waals surface area contributed by atoms with Crippen LogP contribution in [0, 0.1) is 0 Å². The van der Waals surface area contributed by atoms with Crippen LogP contribution < -0.4 is 4.90 Å². The van der Waals surface area contributed by atoms with Crippen LogP contribution >= 0.6 is 15.9 Å². The largest absolute Gasteiger partial charge is 0.392 e. The number of pyridine rings is 2. The number of hydrogen-bond donors (Lipinski definition) is 1. The Morgan fingerprint density at radius 3 is 2.72 bits per heavy atom. The average Bonchev–Trinajstić information content (AvgIpc) is 2.39. The topological polar surface area (TPSA) is 49.2 Å². The van der Waals surface area contributed by atoms with Gasteiger partial charge in [0.2, 0.25) is 0 Å². The summed E-state index contributed by atoms with van der Waals surface area (Å²) >= 11 is 3.35. The van der Waals surface area contributed by atoms with Crippen LogP contribution in [0.1, 0.15) is 11.1 Å². The Morgan fingerprint density at radius 1 is 1.33 bits per heavy atom. The number of aliphatic hydroxyl groups is 1. The molecule has 0 aliphatic heterocycles. The normalized spacial score (nSPS) is 10.4. The second-order valence-corrected chi connectivity index (χ2v) is 4.92. The molecule has 0 saturated heterocycles. The molecule has 0 fully saturated rings. The van der Waals surface area contributed by atoms with Crippen LogP contribution in [0.5, 0.6) is 0 Å². The quantitative estimate of drug-likeness (QED) is 0.942. The minimum atomic E-state index is -0.0253. The zero-order chi connectivity index (χ0) is 13.0. The number of aromatic nitrogens is 2. The molecule has 0 saturated carbocycles. The highest BCUT2D eigenvalue weighted by Crippen LogP contribution is 2.22. The molecular weight excluding hydrogens is 294 g/mol. The Bertz CT molecular complexity index is 519. The van der Waals surface area contributed by atoms with Crippen LogP contribution in [-0.2, 0) is 13.2 Å². The van der Waals surface area contributed by atoms with Crippen molar-refractivity contribution >= 4 is 21.7 Å². The van der Waals surface area contributed by atoms with Gasteiger partial charge in [0.25, 0.3) is 0 Å². The predicted octanol–water partition coefficient (Wildman–Crippen LogP) is 2.37. The first-order valence-corrected chi connectivity index (χ1v) is 6.35. The van der Waals surface area contributed by atoms with E-state index in [2.05, 4.69) is 25.9 Å². The Balaban J connectivity index is 2.21. The standard InChI is InChI=1S/C13H14BrN3O/c1-17(8-10-2-4-15-5-3-10)13-11(9-18)6-12(14)7-16-13/h2-7,18H,8-9H2,1H3. The molecule has 18 heavy (non-hydrogen) atoms. The molecule has 0 aliphatic carbocycles. The van der Waals surface area contributed by atoms with Crippen molar-refractivity contribution in [3.63, 3.8) is 0 Å². The molecule has 0 atom stereocenters. The maximum atomic E-state index is 9.36. The van der Waals surface area contributed by atoms with Gasteiger partial charge in [0, 0.05) is 42.2 Å². The molecule has 0 spiro atoms. The molecule has 0 aliphatic rings. The fourth-order valence-electron chi connectivity index (χ4n) is 1.77. The monoisotopic (exact) mass is 307 g/mol. The minimum absolute atomic E-state index is 0.0253. The zero-order valence-corrected chi connectivity index (χ0v) is 11.6. The fraction of sp³-hybridized carbons (Fsp3) is 0.231. The molecule has 2 aromatic heterocycles. The van der Waals surface area contributed by atoms with Gasteiger partial charge < -0.3 is 10.0 Å². The van der Waals surface area contributed by atoms with Gasteiger partial charge in [-0.1, -0.05) is 0 Å². The third-order valence-electron chi connectivity index (χ3n) is 2.61. The summed E-state index contributed by atoms with van der Waals surface area (Å²) in [7, 11) is 1.95. The van der Waals surface area contributed by atoms with Gasteiger partial charge >= 0.3 is 0 Å². The van der Waals surface area contributed by atoms with Crippen molar-refractivity contribution in [3.8, 4) is 0 Å². The second kappa shape index (κ2) is 5.93. The molecular formula is C13H14BrN3O. The molecule has 4 nitrogen and oxygen atoms in total. The highest BCUT2D eigenvalue weighted by Gasteiger charge is 2.09. The lowest BCUT2D eigenvalue weighted by Gasteiger charge is -2.20. The first-order valence-electron chi connectivity index (χ1n) is 5.56. The molecule has 0 aromatic carbocycles. The SMILES string of the molecule is CN(Cc1ccncc1)c1ncc(Br)cc1CO. The van der Waals surface area contributed by atoms with E-state index in [1.54, 1.807) is 18.6 Å². The lowest BCUT2D eigenvalue weighted by molar-refractivity contribution is 0.281. The molecule has 0 bridgehead atoms. The molecule has 2 aromatic rings. The predicted molar refractivity (Wildman–Crippen MR) is 74.2 cm³/mol.